The minimum absolute atomic E-state index is 0.0561. The molecule has 0 aliphatic carbocycles. The van der Waals surface area contributed by atoms with Crippen LogP contribution in [0.25, 0.3) is 0 Å². The lowest BCUT2D eigenvalue weighted by molar-refractivity contribution is -0.117. The first-order valence-electron chi connectivity index (χ1n) is 5.88. The molecule has 7 nitrogen and oxygen atoms in total. The highest BCUT2D eigenvalue weighted by Gasteiger charge is 2.19. The van der Waals surface area contributed by atoms with Gasteiger partial charge < -0.3 is 0 Å². The molecule has 1 aromatic heterocycles. The number of amides is 2. The average molecular weight is 286 g/mol. The maximum atomic E-state index is 11.5. The van der Waals surface area contributed by atoms with E-state index in [-0.39, 0.29) is 29.0 Å². The van der Waals surface area contributed by atoms with Crippen molar-refractivity contribution in [1.82, 2.24) is 15.0 Å². The Bertz CT molecular complexity index is 454. The molecule has 8 heteroatoms. The van der Waals surface area contributed by atoms with Crippen LogP contribution in [0.2, 0.25) is 5.28 Å². The van der Waals surface area contributed by atoms with Gasteiger partial charge in [0.2, 0.25) is 29.0 Å². The molecule has 0 saturated carbocycles. The fourth-order valence-corrected chi connectivity index (χ4v) is 1.73. The zero-order valence-corrected chi connectivity index (χ0v) is 12.1. The third-order valence-electron chi connectivity index (χ3n) is 2.46. The summed E-state index contributed by atoms with van der Waals surface area (Å²) < 4.78 is 0. The van der Waals surface area contributed by atoms with E-state index in [2.05, 4.69) is 15.0 Å². The van der Waals surface area contributed by atoms with Crippen molar-refractivity contribution in [3.05, 3.63) is 5.28 Å². The van der Waals surface area contributed by atoms with E-state index in [9.17, 15) is 9.59 Å². The molecule has 1 rings (SSSR count). The summed E-state index contributed by atoms with van der Waals surface area (Å²) in [7, 11) is 0. The fourth-order valence-electron chi connectivity index (χ4n) is 1.58. The lowest BCUT2D eigenvalue weighted by Crippen LogP contribution is -2.33. The Hall–Kier alpha value is -1.76. The fraction of sp³-hybridized carbons (Fsp3) is 0.545. The minimum Gasteiger partial charge on any atom is -0.281 e. The summed E-state index contributed by atoms with van der Waals surface area (Å²) >= 11 is 5.82. The molecule has 0 unspecified atom stereocenters. The second-order valence-corrected chi connectivity index (χ2v) is 4.07. The Morgan fingerprint density at radius 1 is 0.947 bits per heavy atom. The molecule has 0 aliphatic rings. The molecule has 0 aliphatic heterocycles. The Kier molecular flexibility index (Phi) is 5.17. The Labute approximate surface area is 116 Å². The molecule has 1 aromatic rings. The second-order valence-electron chi connectivity index (χ2n) is 3.73. The van der Waals surface area contributed by atoms with E-state index in [1.807, 2.05) is 0 Å². The van der Waals surface area contributed by atoms with Gasteiger partial charge in [-0.05, 0) is 25.4 Å². The number of halogens is 1. The van der Waals surface area contributed by atoms with E-state index in [4.69, 9.17) is 11.6 Å². The Balaban J connectivity index is 3.26. The summed E-state index contributed by atoms with van der Waals surface area (Å²) in [6.45, 7) is 7.21. The van der Waals surface area contributed by atoms with Crippen LogP contribution in [0.1, 0.15) is 27.7 Å². The molecule has 2 amide bonds. The Morgan fingerprint density at radius 3 is 1.58 bits per heavy atom. The first-order chi connectivity index (χ1) is 8.90. The van der Waals surface area contributed by atoms with E-state index in [0.717, 1.165) is 0 Å². The van der Waals surface area contributed by atoms with Gasteiger partial charge in [0.05, 0.1) is 0 Å². The van der Waals surface area contributed by atoms with Gasteiger partial charge in [-0.25, -0.2) is 0 Å². The summed E-state index contributed by atoms with van der Waals surface area (Å²) in [5.41, 5.74) is 0. The van der Waals surface area contributed by atoms with Crippen LogP contribution in [0, 0.1) is 0 Å². The van der Waals surface area contributed by atoms with Crippen LogP contribution in [0.3, 0.4) is 0 Å². The van der Waals surface area contributed by atoms with Gasteiger partial charge in [0, 0.05) is 26.9 Å². The van der Waals surface area contributed by atoms with Crippen molar-refractivity contribution < 1.29 is 9.59 Å². The van der Waals surface area contributed by atoms with Gasteiger partial charge in [0.1, 0.15) is 0 Å². The standard InChI is InChI=1S/C11H16ClN5O2/c1-5-16(7(3)18)10-13-9(12)14-11(15-10)17(6-2)8(4)19/h5-6H2,1-4H3. The number of aromatic nitrogens is 3. The van der Waals surface area contributed by atoms with Crippen molar-refractivity contribution in [2.75, 3.05) is 22.9 Å². The van der Waals surface area contributed by atoms with E-state index in [0.29, 0.717) is 13.1 Å². The topological polar surface area (TPSA) is 79.3 Å². The monoisotopic (exact) mass is 285 g/mol. The van der Waals surface area contributed by atoms with Gasteiger partial charge in [-0.2, -0.15) is 15.0 Å². The van der Waals surface area contributed by atoms with E-state index in [1.165, 1.54) is 23.6 Å². The molecule has 104 valence electrons. The van der Waals surface area contributed by atoms with Crippen LogP contribution < -0.4 is 9.80 Å². The molecule has 0 atom stereocenters. The highest BCUT2D eigenvalue weighted by molar-refractivity contribution is 6.28. The first-order valence-corrected chi connectivity index (χ1v) is 6.26. The van der Waals surface area contributed by atoms with Gasteiger partial charge in [0.15, 0.2) is 0 Å². The van der Waals surface area contributed by atoms with Gasteiger partial charge in [-0.3, -0.25) is 19.4 Å². The molecule has 0 spiro atoms. The molecule has 1 heterocycles. The molecule has 0 saturated heterocycles. The molecule has 0 radical (unpaired) electrons. The largest absolute Gasteiger partial charge is 0.281 e. The van der Waals surface area contributed by atoms with Crippen molar-refractivity contribution in [2.45, 2.75) is 27.7 Å². The molecule has 0 N–H and O–H groups in total. The van der Waals surface area contributed by atoms with Crippen molar-refractivity contribution in [2.24, 2.45) is 0 Å². The van der Waals surface area contributed by atoms with Crippen LogP contribution in [-0.4, -0.2) is 39.9 Å². The van der Waals surface area contributed by atoms with Gasteiger partial charge in [-0.1, -0.05) is 0 Å². The smallest absolute Gasteiger partial charge is 0.238 e. The molecule has 0 fully saturated rings. The summed E-state index contributed by atoms with van der Waals surface area (Å²) in [5, 5.41) is -0.0561. The maximum Gasteiger partial charge on any atom is 0.238 e. The normalized spacial score (nSPS) is 10.2. The average Bonchev–Trinajstić information content (AvgIpc) is 2.28. The maximum absolute atomic E-state index is 11.5. The molecule has 0 bridgehead atoms. The van der Waals surface area contributed by atoms with Gasteiger partial charge in [-0.15, -0.1) is 0 Å². The number of carbonyl (C=O) groups is 2. The summed E-state index contributed by atoms with van der Waals surface area (Å²) in [5.74, 6) is -0.127. The lowest BCUT2D eigenvalue weighted by atomic mass is 10.5. The van der Waals surface area contributed by atoms with Crippen LogP contribution >= 0.6 is 11.6 Å². The highest BCUT2D eigenvalue weighted by atomic mass is 35.5. The molecule has 19 heavy (non-hydrogen) atoms. The molecular formula is C11H16ClN5O2. The van der Waals surface area contributed by atoms with Crippen LogP contribution in [-0.2, 0) is 9.59 Å². The van der Waals surface area contributed by atoms with Crippen LogP contribution in [0.4, 0.5) is 11.9 Å². The number of hydrogen-bond donors (Lipinski definition) is 0. The quantitative estimate of drug-likeness (QED) is 0.832. The predicted octanol–water partition coefficient (Wildman–Crippen LogP) is 1.27. The lowest BCUT2D eigenvalue weighted by Gasteiger charge is -2.20. The van der Waals surface area contributed by atoms with E-state index in [1.54, 1.807) is 13.8 Å². The SMILES string of the molecule is CCN(C(C)=O)c1nc(Cl)nc(N(CC)C(C)=O)n1. The predicted molar refractivity (Wildman–Crippen MR) is 72.2 cm³/mol. The summed E-state index contributed by atoms with van der Waals surface area (Å²) in [6.07, 6.45) is 0. The van der Waals surface area contributed by atoms with Gasteiger partial charge in [0.25, 0.3) is 0 Å². The number of carbonyl (C=O) groups excluding carboxylic acids is 2. The third kappa shape index (κ3) is 3.60. The van der Waals surface area contributed by atoms with E-state index < -0.39 is 0 Å². The van der Waals surface area contributed by atoms with Crippen molar-refractivity contribution in [3.63, 3.8) is 0 Å². The molecule has 0 aromatic carbocycles. The summed E-state index contributed by atoms with van der Waals surface area (Å²) in [4.78, 5) is 37.6. The third-order valence-corrected chi connectivity index (χ3v) is 2.63. The zero-order valence-electron chi connectivity index (χ0n) is 11.3. The number of rotatable bonds is 4. The zero-order chi connectivity index (χ0) is 14.6. The van der Waals surface area contributed by atoms with Crippen molar-refractivity contribution in [3.8, 4) is 0 Å². The number of hydrogen-bond acceptors (Lipinski definition) is 5. The Morgan fingerprint density at radius 2 is 1.32 bits per heavy atom. The van der Waals surface area contributed by atoms with Crippen LogP contribution in [0.5, 0.6) is 0 Å². The molecular weight excluding hydrogens is 270 g/mol. The van der Waals surface area contributed by atoms with Crippen LogP contribution in [0.15, 0.2) is 0 Å². The minimum atomic E-state index is -0.207. The first kappa shape index (κ1) is 15.3. The van der Waals surface area contributed by atoms with Gasteiger partial charge >= 0.3 is 0 Å². The number of nitrogens with zero attached hydrogens (tertiary/aromatic N) is 5. The van der Waals surface area contributed by atoms with E-state index >= 15 is 0 Å². The second kappa shape index (κ2) is 6.42. The number of anilines is 2. The van der Waals surface area contributed by atoms with Crippen molar-refractivity contribution >= 4 is 35.3 Å². The van der Waals surface area contributed by atoms with Crippen molar-refractivity contribution in [1.29, 1.82) is 0 Å². The summed E-state index contributed by atoms with van der Waals surface area (Å²) in [6, 6.07) is 0. The highest BCUT2D eigenvalue weighted by Crippen LogP contribution is 2.17.